The number of fused-ring (bicyclic) bond motifs is 1. The van der Waals surface area contributed by atoms with Crippen molar-refractivity contribution in [1.82, 2.24) is 24.8 Å². The van der Waals surface area contributed by atoms with Crippen molar-refractivity contribution < 1.29 is 15.0 Å². The monoisotopic (exact) mass is 480 g/mol. The van der Waals surface area contributed by atoms with Crippen LogP contribution in [0.2, 0.25) is 0 Å². The predicted molar refractivity (Wildman–Crippen MR) is 136 cm³/mol. The van der Waals surface area contributed by atoms with Crippen LogP contribution in [-0.4, -0.2) is 62.4 Å². The van der Waals surface area contributed by atoms with Gasteiger partial charge in [-0.1, -0.05) is 31.0 Å². The molecule has 0 atom stereocenters. The molecule has 1 aliphatic rings. The van der Waals surface area contributed by atoms with Crippen LogP contribution < -0.4 is 10.2 Å². The van der Waals surface area contributed by atoms with Crippen LogP contribution >= 0.6 is 0 Å². The van der Waals surface area contributed by atoms with E-state index in [0.717, 1.165) is 86.3 Å². The highest BCUT2D eigenvalue weighted by Crippen LogP contribution is 2.30. The van der Waals surface area contributed by atoms with E-state index in [9.17, 15) is 15.0 Å². The van der Waals surface area contributed by atoms with Gasteiger partial charge in [-0.15, -0.1) is 0 Å². The summed E-state index contributed by atoms with van der Waals surface area (Å²) in [4.78, 5) is 28.2. The molecule has 188 valence electrons. The lowest BCUT2D eigenvalue weighted by Gasteiger charge is -2.32. The number of aromatic nitrogens is 4. The fraction of sp³-hybridized carbons (Fsp3) is 0.538. The number of carbonyl (C=O) groups excluding carboxylic acids is 1. The van der Waals surface area contributed by atoms with Crippen LogP contribution in [0.4, 0.5) is 5.82 Å². The Balaban J connectivity index is 1.57. The van der Waals surface area contributed by atoms with E-state index >= 15 is 0 Å². The van der Waals surface area contributed by atoms with Gasteiger partial charge in [0.1, 0.15) is 0 Å². The van der Waals surface area contributed by atoms with Gasteiger partial charge in [0, 0.05) is 45.3 Å². The molecule has 1 amide bonds. The first-order chi connectivity index (χ1) is 17.1. The molecule has 9 nitrogen and oxygen atoms in total. The first-order valence-electron chi connectivity index (χ1n) is 12.6. The van der Waals surface area contributed by atoms with Crippen LogP contribution in [0.5, 0.6) is 0 Å². The first-order valence-corrected chi connectivity index (χ1v) is 12.6. The maximum Gasteiger partial charge on any atom is 0.219 e. The molecule has 1 aliphatic heterocycles. The quantitative estimate of drug-likeness (QED) is 0.361. The maximum absolute atomic E-state index is 11.4. The Morgan fingerprint density at radius 3 is 2.66 bits per heavy atom. The number of hydrogen-bond acceptors (Lipinski definition) is 7. The minimum absolute atomic E-state index is 0.0323. The standard InChI is InChI=1S/C26H36N6O3/c1-27-22(35)9-4-2-3-5-12-32-18-28-23-25(31-13-10-19(16-33)11-14-31)29-24(30-26(23)32)21-8-6-7-20(15-21)17-34/h6-8,15,18-19,33-34H,2-5,9-14,16-17H2,1H3,(H,27,35). The highest BCUT2D eigenvalue weighted by Gasteiger charge is 2.24. The number of anilines is 1. The molecular formula is C26H36N6O3. The number of rotatable bonds is 11. The number of aliphatic hydroxyl groups excluding tert-OH is 2. The summed E-state index contributed by atoms with van der Waals surface area (Å²) in [6.07, 6.45) is 8.20. The van der Waals surface area contributed by atoms with Crippen LogP contribution in [0.15, 0.2) is 30.6 Å². The van der Waals surface area contributed by atoms with E-state index in [1.165, 1.54) is 0 Å². The lowest BCUT2D eigenvalue weighted by molar-refractivity contribution is -0.120. The number of aliphatic hydroxyl groups is 2. The zero-order valence-electron chi connectivity index (χ0n) is 20.5. The molecular weight excluding hydrogens is 444 g/mol. The Kier molecular flexibility index (Phi) is 8.65. The van der Waals surface area contributed by atoms with Gasteiger partial charge in [0.15, 0.2) is 22.8 Å². The Bertz CT molecular complexity index is 1120. The molecule has 4 rings (SSSR count). The van der Waals surface area contributed by atoms with Crippen molar-refractivity contribution in [1.29, 1.82) is 0 Å². The number of hydrogen-bond donors (Lipinski definition) is 3. The molecule has 3 heterocycles. The van der Waals surface area contributed by atoms with E-state index in [1.807, 2.05) is 30.6 Å². The Morgan fingerprint density at radius 2 is 1.91 bits per heavy atom. The molecule has 0 unspecified atom stereocenters. The summed E-state index contributed by atoms with van der Waals surface area (Å²) < 4.78 is 2.10. The van der Waals surface area contributed by atoms with Crippen LogP contribution in [0.3, 0.4) is 0 Å². The van der Waals surface area contributed by atoms with Gasteiger partial charge in [0.05, 0.1) is 12.9 Å². The van der Waals surface area contributed by atoms with Crippen LogP contribution in [0.1, 0.15) is 50.5 Å². The van der Waals surface area contributed by atoms with Gasteiger partial charge < -0.3 is 25.0 Å². The first kappa shape index (κ1) is 25.1. The molecule has 0 saturated carbocycles. The van der Waals surface area contributed by atoms with Gasteiger partial charge in [-0.2, -0.15) is 0 Å². The zero-order chi connectivity index (χ0) is 24.6. The second-order valence-corrected chi connectivity index (χ2v) is 9.29. The lowest BCUT2D eigenvalue weighted by Crippen LogP contribution is -2.35. The third-order valence-electron chi connectivity index (χ3n) is 6.82. The van der Waals surface area contributed by atoms with Gasteiger partial charge in [-0.05, 0) is 43.2 Å². The minimum atomic E-state index is -0.0323. The maximum atomic E-state index is 11.4. The van der Waals surface area contributed by atoms with Gasteiger partial charge >= 0.3 is 0 Å². The molecule has 3 N–H and O–H groups in total. The highest BCUT2D eigenvalue weighted by molar-refractivity contribution is 5.86. The molecule has 3 aromatic rings. The van der Waals surface area contributed by atoms with E-state index < -0.39 is 0 Å². The number of unbranched alkanes of at least 4 members (excludes halogenated alkanes) is 3. The van der Waals surface area contributed by atoms with Crippen molar-refractivity contribution in [2.75, 3.05) is 31.6 Å². The molecule has 9 heteroatoms. The van der Waals surface area contributed by atoms with Crippen LogP contribution in [0, 0.1) is 5.92 Å². The highest BCUT2D eigenvalue weighted by atomic mass is 16.3. The summed E-state index contributed by atoms with van der Waals surface area (Å²) in [7, 11) is 1.67. The number of nitrogens with zero attached hydrogens (tertiary/aromatic N) is 5. The Morgan fingerprint density at radius 1 is 1.11 bits per heavy atom. The molecule has 1 fully saturated rings. The summed E-state index contributed by atoms with van der Waals surface area (Å²) in [6.45, 7) is 2.65. The van der Waals surface area contributed by atoms with Gasteiger partial charge in [0.2, 0.25) is 5.91 Å². The second-order valence-electron chi connectivity index (χ2n) is 9.29. The number of piperidine rings is 1. The number of carbonyl (C=O) groups is 1. The van der Waals surface area contributed by atoms with Gasteiger partial charge in [-0.25, -0.2) is 15.0 Å². The predicted octanol–water partition coefficient (Wildman–Crippen LogP) is 2.89. The van der Waals surface area contributed by atoms with Crippen molar-refractivity contribution in [3.05, 3.63) is 36.2 Å². The minimum Gasteiger partial charge on any atom is -0.396 e. The van der Waals surface area contributed by atoms with Crippen molar-refractivity contribution in [2.24, 2.45) is 5.92 Å². The van der Waals surface area contributed by atoms with Crippen molar-refractivity contribution in [2.45, 2.75) is 58.1 Å². The van der Waals surface area contributed by atoms with E-state index in [-0.39, 0.29) is 19.1 Å². The fourth-order valence-corrected chi connectivity index (χ4v) is 4.62. The van der Waals surface area contributed by atoms with Crippen LogP contribution in [0.25, 0.3) is 22.6 Å². The number of imidazole rings is 1. The van der Waals surface area contributed by atoms with Gasteiger partial charge in [-0.3, -0.25) is 4.79 Å². The third-order valence-corrected chi connectivity index (χ3v) is 6.82. The van der Waals surface area contributed by atoms with Gasteiger partial charge in [0.25, 0.3) is 0 Å². The average Bonchev–Trinajstić information content (AvgIpc) is 3.32. The number of aryl methyl sites for hydroxylation is 1. The summed E-state index contributed by atoms with van der Waals surface area (Å²) in [5.74, 6) is 1.89. The van der Waals surface area contributed by atoms with E-state index in [4.69, 9.17) is 15.0 Å². The van der Waals surface area contributed by atoms with Crippen molar-refractivity contribution in [3.63, 3.8) is 0 Å². The third kappa shape index (κ3) is 6.15. The second kappa shape index (κ2) is 12.1. The largest absolute Gasteiger partial charge is 0.396 e. The molecule has 35 heavy (non-hydrogen) atoms. The number of amides is 1. The van der Waals surface area contributed by atoms with Crippen molar-refractivity contribution in [3.8, 4) is 11.4 Å². The van der Waals surface area contributed by atoms with E-state index in [0.29, 0.717) is 18.2 Å². The van der Waals surface area contributed by atoms with E-state index in [1.54, 1.807) is 7.05 Å². The molecule has 0 aliphatic carbocycles. The molecule has 0 spiro atoms. The summed E-state index contributed by atoms with van der Waals surface area (Å²) in [6, 6.07) is 7.69. The lowest BCUT2D eigenvalue weighted by atomic mass is 9.98. The van der Waals surface area contributed by atoms with E-state index in [2.05, 4.69) is 14.8 Å². The molecule has 0 radical (unpaired) electrons. The Labute approximate surface area is 206 Å². The van der Waals surface area contributed by atoms with Crippen molar-refractivity contribution >= 4 is 22.9 Å². The molecule has 0 bridgehead atoms. The topological polar surface area (TPSA) is 116 Å². The normalized spacial score (nSPS) is 14.5. The zero-order valence-corrected chi connectivity index (χ0v) is 20.5. The number of benzene rings is 1. The smallest absolute Gasteiger partial charge is 0.219 e. The SMILES string of the molecule is CNC(=O)CCCCCCn1cnc2c(N3CCC(CO)CC3)nc(-c3cccc(CO)c3)nc21. The number of nitrogens with one attached hydrogen (secondary N) is 1. The summed E-state index contributed by atoms with van der Waals surface area (Å²) in [5, 5.41) is 21.8. The molecule has 1 aromatic carbocycles. The summed E-state index contributed by atoms with van der Waals surface area (Å²) in [5.41, 5.74) is 3.30. The Hall–Kier alpha value is -3.04. The summed E-state index contributed by atoms with van der Waals surface area (Å²) >= 11 is 0. The van der Waals surface area contributed by atoms with Crippen LogP contribution in [-0.2, 0) is 17.9 Å². The fourth-order valence-electron chi connectivity index (χ4n) is 4.62. The average molecular weight is 481 g/mol. The molecule has 1 saturated heterocycles. The molecule has 2 aromatic heterocycles.